The van der Waals surface area contributed by atoms with Crippen LogP contribution in [0.1, 0.15) is 39.0 Å². The van der Waals surface area contributed by atoms with E-state index in [4.69, 9.17) is 0 Å². The predicted octanol–water partition coefficient (Wildman–Crippen LogP) is 2.64. The quantitative estimate of drug-likeness (QED) is 0.362. The molecule has 0 saturated carbocycles. The normalized spacial score (nSPS) is 9.64. The van der Waals surface area contributed by atoms with Crippen molar-refractivity contribution in [3.05, 3.63) is 0 Å². The minimum atomic E-state index is -1.42. The molecule has 2 nitrogen and oxygen atoms in total. The molecule has 0 spiro atoms. The van der Waals surface area contributed by atoms with Crippen molar-refractivity contribution in [1.82, 2.24) is 5.32 Å². The fourth-order valence-electron chi connectivity index (χ4n) is 0.915. The van der Waals surface area contributed by atoms with E-state index in [0.717, 1.165) is 12.8 Å². The summed E-state index contributed by atoms with van der Waals surface area (Å²) < 4.78 is 11.5. The van der Waals surface area contributed by atoms with E-state index < -0.39 is 6.16 Å². The van der Waals surface area contributed by atoms with E-state index in [9.17, 15) is 9.18 Å². The van der Waals surface area contributed by atoms with Crippen molar-refractivity contribution in [2.75, 3.05) is 6.54 Å². The second-order valence-electron chi connectivity index (χ2n) is 2.61. The van der Waals surface area contributed by atoms with Crippen LogP contribution in [-0.4, -0.2) is 12.7 Å². The number of hydrogen-bond acceptors (Lipinski definition) is 1. The average molecular weight is 161 g/mol. The maximum atomic E-state index is 11.5. The van der Waals surface area contributed by atoms with Crippen LogP contribution in [0.5, 0.6) is 0 Å². The first-order valence-corrected chi connectivity index (χ1v) is 4.20. The molecule has 1 N–H and O–H groups in total. The Morgan fingerprint density at radius 2 is 1.91 bits per heavy atom. The Hall–Kier alpha value is -0.600. The summed E-state index contributed by atoms with van der Waals surface area (Å²) in [5.41, 5.74) is 0. The highest BCUT2D eigenvalue weighted by Crippen LogP contribution is 2.00. The lowest BCUT2D eigenvalue weighted by Gasteiger charge is -1.98. The number of unbranched alkanes of at least 4 members (excludes halogenated alkanes) is 4. The highest BCUT2D eigenvalue weighted by atomic mass is 19.1. The number of carbonyl (C=O) groups excluding carboxylic acids is 1. The van der Waals surface area contributed by atoms with Crippen molar-refractivity contribution >= 4 is 6.16 Å². The van der Waals surface area contributed by atoms with Gasteiger partial charge in [-0.1, -0.05) is 32.6 Å². The molecular weight excluding hydrogens is 145 g/mol. The van der Waals surface area contributed by atoms with E-state index in [1.54, 1.807) is 0 Å². The van der Waals surface area contributed by atoms with Crippen molar-refractivity contribution in [3.8, 4) is 0 Å². The highest BCUT2D eigenvalue weighted by molar-refractivity contribution is 5.65. The van der Waals surface area contributed by atoms with Crippen molar-refractivity contribution in [1.29, 1.82) is 0 Å². The molecule has 0 unspecified atom stereocenters. The Kier molecular flexibility index (Phi) is 7.10. The number of nitrogens with one attached hydrogen (secondary N) is 1. The van der Waals surface area contributed by atoms with Crippen LogP contribution >= 0.6 is 0 Å². The minimum absolute atomic E-state index is 0.471. The molecule has 0 aromatic carbocycles. The molecule has 0 aliphatic carbocycles. The molecule has 0 fully saturated rings. The van der Waals surface area contributed by atoms with Gasteiger partial charge in [-0.25, -0.2) is 4.79 Å². The first-order chi connectivity index (χ1) is 5.27. The van der Waals surface area contributed by atoms with Crippen LogP contribution in [0.4, 0.5) is 9.18 Å². The Morgan fingerprint density at radius 1 is 1.27 bits per heavy atom. The molecule has 0 radical (unpaired) electrons. The molecule has 0 aliphatic rings. The molecule has 3 heteroatoms. The van der Waals surface area contributed by atoms with Gasteiger partial charge in [-0.05, 0) is 6.42 Å². The summed E-state index contributed by atoms with van der Waals surface area (Å²) in [6, 6.07) is 0. The van der Waals surface area contributed by atoms with E-state index in [2.05, 4.69) is 12.2 Å². The van der Waals surface area contributed by atoms with Crippen LogP contribution in [-0.2, 0) is 0 Å². The Bertz CT molecular complexity index is 106. The van der Waals surface area contributed by atoms with Gasteiger partial charge in [0.05, 0.1) is 0 Å². The molecule has 11 heavy (non-hydrogen) atoms. The van der Waals surface area contributed by atoms with Gasteiger partial charge in [-0.2, -0.15) is 0 Å². The third kappa shape index (κ3) is 9.40. The first kappa shape index (κ1) is 10.4. The molecule has 1 amide bonds. The van der Waals surface area contributed by atoms with Crippen LogP contribution in [0.15, 0.2) is 0 Å². The zero-order valence-electron chi connectivity index (χ0n) is 7.03. The zero-order valence-corrected chi connectivity index (χ0v) is 7.03. The summed E-state index contributed by atoms with van der Waals surface area (Å²) in [7, 11) is 0. The van der Waals surface area contributed by atoms with Gasteiger partial charge in [0.25, 0.3) is 0 Å². The lowest BCUT2D eigenvalue weighted by molar-refractivity contribution is 0.221. The maximum Gasteiger partial charge on any atom is 0.397 e. The molecule has 0 atom stereocenters. The van der Waals surface area contributed by atoms with Gasteiger partial charge in [-0.3, -0.25) is 0 Å². The number of carbonyl (C=O) groups is 1. The summed E-state index contributed by atoms with van der Waals surface area (Å²) in [4.78, 5) is 9.75. The monoisotopic (exact) mass is 161 g/mol. The second-order valence-corrected chi connectivity index (χ2v) is 2.61. The van der Waals surface area contributed by atoms with Gasteiger partial charge in [0, 0.05) is 6.54 Å². The Labute approximate surface area is 67.2 Å². The molecule has 0 aromatic rings. The number of rotatable bonds is 6. The minimum Gasteiger partial charge on any atom is -0.328 e. The second kappa shape index (κ2) is 7.51. The van der Waals surface area contributed by atoms with Crippen LogP contribution in [0.3, 0.4) is 0 Å². The summed E-state index contributed by atoms with van der Waals surface area (Å²) in [5, 5.41) is 2.12. The van der Waals surface area contributed by atoms with Crippen LogP contribution in [0, 0.1) is 0 Å². The molecule has 0 rings (SSSR count). The van der Waals surface area contributed by atoms with Gasteiger partial charge in [0.1, 0.15) is 0 Å². The highest BCUT2D eigenvalue weighted by Gasteiger charge is 1.93. The number of hydrogen-bond donors (Lipinski definition) is 1. The SMILES string of the molecule is CCCCCCCNC(=O)F. The van der Waals surface area contributed by atoms with Crippen molar-refractivity contribution in [2.45, 2.75) is 39.0 Å². The molecule has 0 heterocycles. The third-order valence-corrected chi connectivity index (χ3v) is 1.54. The summed E-state index contributed by atoms with van der Waals surface area (Å²) in [6.45, 7) is 2.61. The maximum absolute atomic E-state index is 11.5. The van der Waals surface area contributed by atoms with E-state index in [1.165, 1.54) is 19.3 Å². The van der Waals surface area contributed by atoms with E-state index in [1.807, 2.05) is 0 Å². The van der Waals surface area contributed by atoms with Crippen LogP contribution in [0.2, 0.25) is 0 Å². The number of amides is 1. The van der Waals surface area contributed by atoms with Gasteiger partial charge in [-0.15, -0.1) is 4.39 Å². The largest absolute Gasteiger partial charge is 0.397 e. The van der Waals surface area contributed by atoms with Crippen LogP contribution < -0.4 is 5.32 Å². The third-order valence-electron chi connectivity index (χ3n) is 1.54. The summed E-state index contributed by atoms with van der Waals surface area (Å²) in [6.07, 6.45) is 4.15. The Morgan fingerprint density at radius 3 is 2.45 bits per heavy atom. The zero-order chi connectivity index (χ0) is 8.53. The molecular formula is C8H16FNO. The van der Waals surface area contributed by atoms with Crippen molar-refractivity contribution in [2.24, 2.45) is 0 Å². The van der Waals surface area contributed by atoms with Gasteiger partial charge in [0.2, 0.25) is 0 Å². The van der Waals surface area contributed by atoms with Gasteiger partial charge >= 0.3 is 6.16 Å². The fraction of sp³-hybridized carbons (Fsp3) is 0.875. The fourth-order valence-corrected chi connectivity index (χ4v) is 0.915. The molecule has 0 saturated heterocycles. The summed E-state index contributed by atoms with van der Waals surface area (Å²) >= 11 is 0. The molecule has 0 aliphatic heterocycles. The average Bonchev–Trinajstić information content (AvgIpc) is 1.96. The standard InChI is InChI=1S/C8H16FNO/c1-2-3-4-5-6-7-10-8(9)11/h2-7H2,1H3,(H,10,11). The lowest BCUT2D eigenvalue weighted by Crippen LogP contribution is -2.18. The van der Waals surface area contributed by atoms with E-state index in [0.29, 0.717) is 6.54 Å². The molecule has 0 bridgehead atoms. The molecule has 0 aromatic heterocycles. The van der Waals surface area contributed by atoms with E-state index in [-0.39, 0.29) is 0 Å². The predicted molar refractivity (Wildman–Crippen MR) is 43.3 cm³/mol. The van der Waals surface area contributed by atoms with Crippen LogP contribution in [0.25, 0.3) is 0 Å². The number of halogens is 1. The van der Waals surface area contributed by atoms with Crippen molar-refractivity contribution < 1.29 is 9.18 Å². The Balaban J connectivity index is 2.85. The smallest absolute Gasteiger partial charge is 0.328 e. The van der Waals surface area contributed by atoms with Gasteiger partial charge in [0.15, 0.2) is 0 Å². The van der Waals surface area contributed by atoms with E-state index >= 15 is 0 Å². The van der Waals surface area contributed by atoms with Gasteiger partial charge < -0.3 is 5.32 Å². The van der Waals surface area contributed by atoms with Crippen molar-refractivity contribution in [3.63, 3.8) is 0 Å². The topological polar surface area (TPSA) is 29.1 Å². The summed E-state index contributed by atoms with van der Waals surface area (Å²) in [5.74, 6) is 0. The lowest BCUT2D eigenvalue weighted by atomic mass is 10.1. The first-order valence-electron chi connectivity index (χ1n) is 4.20. The molecule has 66 valence electrons.